The van der Waals surface area contributed by atoms with Crippen LogP contribution < -0.4 is 0 Å². The molecule has 72 valence electrons. The molecule has 0 bridgehead atoms. The molecule has 2 aliphatic rings. The van der Waals surface area contributed by atoms with E-state index in [1.54, 1.807) is 25.7 Å². The van der Waals surface area contributed by atoms with Crippen LogP contribution in [0.15, 0.2) is 0 Å². The summed E-state index contributed by atoms with van der Waals surface area (Å²) in [5.74, 6) is 2.28. The molecule has 0 N–H and O–H groups in total. The van der Waals surface area contributed by atoms with E-state index >= 15 is 0 Å². The molecule has 0 amide bonds. The van der Waals surface area contributed by atoms with Crippen LogP contribution in [0, 0.1) is 11.8 Å². The predicted molar refractivity (Wildman–Crippen MR) is 60.3 cm³/mol. The Labute approximate surface area is 126 Å². The molecule has 0 saturated heterocycles. The molecular formula is C12H23K. The summed E-state index contributed by atoms with van der Waals surface area (Å²) in [7, 11) is 0. The molecule has 0 aliphatic heterocycles. The van der Waals surface area contributed by atoms with E-state index in [-0.39, 0.29) is 51.4 Å². The molecule has 0 heterocycles. The predicted octanol–water partition coefficient (Wildman–Crippen LogP) is 3.50. The molecule has 0 nitrogen and oxygen atoms in total. The topological polar surface area (TPSA) is 0 Å². The van der Waals surface area contributed by atoms with Crippen LogP contribution in [0.4, 0.5) is 0 Å². The Morgan fingerprint density at radius 1 is 0.462 bits per heavy atom. The molecule has 2 rings (SSSR count). The van der Waals surface area contributed by atoms with Crippen LogP contribution in [-0.2, 0) is 0 Å². The molecule has 0 aromatic rings. The fourth-order valence-corrected chi connectivity index (χ4v) is 3.21. The number of hydrogen-bond acceptors (Lipinski definition) is 0. The molecule has 13 heavy (non-hydrogen) atoms. The van der Waals surface area contributed by atoms with Crippen LogP contribution in [0.1, 0.15) is 64.2 Å². The van der Waals surface area contributed by atoms with Gasteiger partial charge in [0.05, 0.1) is 0 Å². The van der Waals surface area contributed by atoms with Gasteiger partial charge in [0.25, 0.3) is 0 Å². The van der Waals surface area contributed by atoms with Crippen LogP contribution in [0.5, 0.6) is 0 Å². The Bertz CT molecular complexity index is 105. The fourth-order valence-electron chi connectivity index (χ4n) is 3.21. The van der Waals surface area contributed by atoms with Gasteiger partial charge in [-0.25, -0.2) is 0 Å². The second kappa shape index (κ2) is 7.00. The molecule has 0 aromatic carbocycles. The number of rotatable bonds is 1. The summed E-state index contributed by atoms with van der Waals surface area (Å²) in [6.07, 6.45) is 15.4. The van der Waals surface area contributed by atoms with Crippen LogP contribution in [-0.4, -0.2) is 51.4 Å². The second-order valence-electron chi connectivity index (χ2n) is 4.80. The van der Waals surface area contributed by atoms with Gasteiger partial charge in [-0.2, -0.15) is 0 Å². The third kappa shape index (κ3) is 3.94. The maximum atomic E-state index is 1.56. The average Bonchev–Trinajstić information content (AvgIpc) is 2.21. The van der Waals surface area contributed by atoms with Crippen molar-refractivity contribution in [3.05, 3.63) is 0 Å². The van der Waals surface area contributed by atoms with Gasteiger partial charge in [-0.05, 0) is 11.8 Å². The van der Waals surface area contributed by atoms with Gasteiger partial charge in [-0.3, -0.25) is 0 Å². The fraction of sp³-hybridized carbons (Fsp3) is 1.00. The van der Waals surface area contributed by atoms with E-state index in [4.69, 9.17) is 0 Å². The quantitative estimate of drug-likeness (QED) is 0.576. The summed E-state index contributed by atoms with van der Waals surface area (Å²) in [5.41, 5.74) is 0. The van der Waals surface area contributed by atoms with Gasteiger partial charge in [0.15, 0.2) is 0 Å². The van der Waals surface area contributed by atoms with Crippen molar-refractivity contribution >= 4 is 51.4 Å². The number of hydrogen-bond donors (Lipinski definition) is 0. The van der Waals surface area contributed by atoms with Crippen molar-refractivity contribution in [1.82, 2.24) is 0 Å². The van der Waals surface area contributed by atoms with Gasteiger partial charge >= 0.3 is 51.4 Å². The first-order valence-corrected chi connectivity index (χ1v) is 5.97. The average molecular weight is 206 g/mol. The normalized spacial score (nSPS) is 26.8. The summed E-state index contributed by atoms with van der Waals surface area (Å²) < 4.78 is 0. The molecule has 0 unspecified atom stereocenters. The Hall–Kier alpha value is 1.64. The van der Waals surface area contributed by atoms with Gasteiger partial charge < -0.3 is 0 Å². The molecule has 2 saturated carbocycles. The van der Waals surface area contributed by atoms with Crippen LogP contribution in [0.3, 0.4) is 0 Å². The summed E-state index contributed by atoms with van der Waals surface area (Å²) in [6.45, 7) is 0. The SMILES string of the molecule is C1CCC(C2CCCCC2)CC1.[KH]. The van der Waals surface area contributed by atoms with Crippen molar-refractivity contribution in [2.24, 2.45) is 11.8 Å². The molecular weight excluding hydrogens is 183 g/mol. The molecule has 0 atom stereocenters. The van der Waals surface area contributed by atoms with Gasteiger partial charge in [-0.1, -0.05) is 64.2 Å². The second-order valence-corrected chi connectivity index (χ2v) is 4.80. The Balaban J connectivity index is 0.000000845. The Morgan fingerprint density at radius 3 is 1.08 bits per heavy atom. The summed E-state index contributed by atoms with van der Waals surface area (Å²) in [6, 6.07) is 0. The standard InChI is InChI=1S/C12H22.K.H/c1-3-7-11(8-4-1)12-9-5-2-6-10-12;;/h11-12H,1-10H2;;. The Kier molecular flexibility index (Phi) is 6.84. The molecule has 0 spiro atoms. The van der Waals surface area contributed by atoms with Gasteiger partial charge in [0, 0.05) is 0 Å². The van der Waals surface area contributed by atoms with Crippen molar-refractivity contribution in [1.29, 1.82) is 0 Å². The molecule has 2 fully saturated rings. The minimum atomic E-state index is 0. The van der Waals surface area contributed by atoms with Crippen molar-refractivity contribution in [3.8, 4) is 0 Å². The zero-order valence-corrected chi connectivity index (χ0v) is 8.23. The zero-order chi connectivity index (χ0) is 8.23. The molecule has 0 radical (unpaired) electrons. The minimum absolute atomic E-state index is 0. The van der Waals surface area contributed by atoms with Crippen LogP contribution in [0.25, 0.3) is 0 Å². The summed E-state index contributed by atoms with van der Waals surface area (Å²) in [4.78, 5) is 0. The van der Waals surface area contributed by atoms with E-state index in [2.05, 4.69) is 0 Å². The van der Waals surface area contributed by atoms with Gasteiger partial charge in [-0.15, -0.1) is 0 Å². The first-order chi connectivity index (χ1) is 5.97. The molecule has 0 aromatic heterocycles. The maximum absolute atomic E-state index is 1.56. The van der Waals surface area contributed by atoms with E-state index in [9.17, 15) is 0 Å². The van der Waals surface area contributed by atoms with E-state index in [1.165, 1.54) is 38.5 Å². The monoisotopic (exact) mass is 206 g/mol. The molecule has 1 heteroatoms. The van der Waals surface area contributed by atoms with Crippen molar-refractivity contribution in [3.63, 3.8) is 0 Å². The summed E-state index contributed by atoms with van der Waals surface area (Å²) in [5, 5.41) is 0. The van der Waals surface area contributed by atoms with Crippen LogP contribution in [0.2, 0.25) is 0 Å². The van der Waals surface area contributed by atoms with Crippen LogP contribution >= 0.6 is 0 Å². The summed E-state index contributed by atoms with van der Waals surface area (Å²) >= 11 is 0. The van der Waals surface area contributed by atoms with E-state index in [1.807, 2.05) is 0 Å². The third-order valence-corrected chi connectivity index (χ3v) is 3.97. The van der Waals surface area contributed by atoms with Gasteiger partial charge in [0.1, 0.15) is 0 Å². The molecule has 2 aliphatic carbocycles. The van der Waals surface area contributed by atoms with Crippen molar-refractivity contribution in [2.45, 2.75) is 64.2 Å². The van der Waals surface area contributed by atoms with Crippen molar-refractivity contribution in [2.75, 3.05) is 0 Å². The first-order valence-electron chi connectivity index (χ1n) is 5.97. The first kappa shape index (κ1) is 12.7. The Morgan fingerprint density at radius 2 is 0.769 bits per heavy atom. The zero-order valence-electron chi connectivity index (χ0n) is 8.23. The van der Waals surface area contributed by atoms with E-state index in [0.717, 1.165) is 11.8 Å². The van der Waals surface area contributed by atoms with Gasteiger partial charge in [0.2, 0.25) is 0 Å². The van der Waals surface area contributed by atoms with Crippen molar-refractivity contribution < 1.29 is 0 Å². The third-order valence-electron chi connectivity index (χ3n) is 3.97. The van der Waals surface area contributed by atoms with E-state index < -0.39 is 0 Å². The van der Waals surface area contributed by atoms with E-state index in [0.29, 0.717) is 0 Å².